The van der Waals surface area contributed by atoms with E-state index in [-0.39, 0.29) is 23.3 Å². The Hall–Kier alpha value is -2.15. The van der Waals surface area contributed by atoms with Crippen molar-refractivity contribution >= 4 is 21.8 Å². The van der Waals surface area contributed by atoms with E-state index in [0.29, 0.717) is 33.8 Å². The van der Waals surface area contributed by atoms with E-state index < -0.39 is 0 Å². The lowest BCUT2D eigenvalue weighted by Crippen LogP contribution is -2.39. The number of carbonyl (C=O) groups is 1. The van der Waals surface area contributed by atoms with Gasteiger partial charge in [0.25, 0.3) is 11.5 Å². The fraction of sp³-hybridized carbons (Fsp3) is 0.455. The maximum Gasteiger partial charge on any atom is 0.283 e. The molecule has 1 heterocycles. The van der Waals surface area contributed by atoms with Crippen LogP contribution in [-0.4, -0.2) is 17.1 Å². The highest BCUT2D eigenvalue weighted by Crippen LogP contribution is 2.38. The van der Waals surface area contributed by atoms with Gasteiger partial charge in [0, 0.05) is 6.54 Å². The molecular weight excluding hydrogens is 437 g/mol. The second-order valence-electron chi connectivity index (χ2n) is 7.64. The first-order valence-corrected chi connectivity index (χ1v) is 10.9. The smallest absolute Gasteiger partial charge is 0.283 e. The summed E-state index contributed by atoms with van der Waals surface area (Å²) in [6, 6.07) is 6.14. The summed E-state index contributed by atoms with van der Waals surface area (Å²) in [4.78, 5) is 25.9. The Labute approximate surface area is 178 Å². The van der Waals surface area contributed by atoms with Crippen LogP contribution in [0.5, 0.6) is 0 Å². The zero-order valence-electron chi connectivity index (χ0n) is 17.0. The molecule has 0 spiro atoms. The molecule has 3 rings (SSSR count). The summed E-state index contributed by atoms with van der Waals surface area (Å²) in [5.41, 5.74) is 5.45. The van der Waals surface area contributed by atoms with E-state index >= 15 is 0 Å². The monoisotopic (exact) mass is 463 g/mol. The van der Waals surface area contributed by atoms with Crippen molar-refractivity contribution in [3.05, 3.63) is 67.3 Å². The predicted molar refractivity (Wildman–Crippen MR) is 116 cm³/mol. The molecule has 0 aliphatic heterocycles. The molecule has 0 unspecified atom stereocenters. The molecule has 1 saturated carbocycles. The molecule has 5 nitrogen and oxygen atoms in total. The third-order valence-corrected chi connectivity index (χ3v) is 6.61. The van der Waals surface area contributed by atoms with E-state index in [0.717, 1.165) is 31.2 Å². The summed E-state index contributed by atoms with van der Waals surface area (Å²) < 4.78 is 15.2. The molecule has 29 heavy (non-hydrogen) atoms. The third kappa shape index (κ3) is 4.39. The Bertz CT molecular complexity index is 952. The second kappa shape index (κ2) is 9.11. The van der Waals surface area contributed by atoms with Gasteiger partial charge < -0.3 is 10.7 Å². The largest absolute Gasteiger partial charge is 0.345 e. The number of benzene rings is 1. The van der Waals surface area contributed by atoms with E-state index in [9.17, 15) is 14.0 Å². The van der Waals surface area contributed by atoms with Crippen molar-refractivity contribution in [3.8, 4) is 0 Å². The van der Waals surface area contributed by atoms with Gasteiger partial charge in [0.2, 0.25) is 0 Å². The molecule has 1 atom stereocenters. The van der Waals surface area contributed by atoms with Crippen molar-refractivity contribution in [1.29, 1.82) is 0 Å². The van der Waals surface area contributed by atoms with E-state index in [4.69, 9.17) is 0 Å². The average molecular weight is 464 g/mol. The fourth-order valence-electron chi connectivity index (χ4n) is 3.78. The molecule has 2 N–H and O–H groups in total. The molecule has 1 aliphatic rings. The first-order valence-electron chi connectivity index (χ1n) is 10.1. The van der Waals surface area contributed by atoms with Crippen molar-refractivity contribution < 1.29 is 9.18 Å². The molecule has 0 radical (unpaired) electrons. The standard InChI is InChI=1S/C22H27BrFN3O2/c1-4-12-25-27-14(3)18(13(2)19(23)22(27)29)21(28)26-20(15-6-5-7-15)16-8-10-17(24)11-9-16/h8-11,15,20,25H,4-7,12H2,1-3H3,(H,26,28)/t20-/m0/s1. The molecule has 1 aromatic carbocycles. The number of hydrogen-bond acceptors (Lipinski definition) is 3. The lowest BCUT2D eigenvalue weighted by atomic mass is 9.77. The Morgan fingerprint density at radius 1 is 1.28 bits per heavy atom. The Morgan fingerprint density at radius 3 is 2.48 bits per heavy atom. The van der Waals surface area contributed by atoms with Gasteiger partial charge in [-0.05, 0) is 78.2 Å². The van der Waals surface area contributed by atoms with Crippen LogP contribution < -0.4 is 16.3 Å². The number of pyridine rings is 1. The number of halogens is 2. The molecule has 7 heteroatoms. The Balaban J connectivity index is 1.97. The van der Waals surface area contributed by atoms with Crippen LogP contribution in [0.4, 0.5) is 4.39 Å². The molecule has 1 fully saturated rings. The van der Waals surface area contributed by atoms with Crippen LogP contribution in [0.15, 0.2) is 33.5 Å². The number of amides is 1. The SMILES string of the molecule is CCCNn1c(C)c(C(=O)N[C@H](c2ccc(F)cc2)C2CCC2)c(C)c(Br)c1=O. The highest BCUT2D eigenvalue weighted by Gasteiger charge is 2.31. The first-order chi connectivity index (χ1) is 13.8. The van der Waals surface area contributed by atoms with Crippen molar-refractivity contribution in [3.63, 3.8) is 0 Å². The van der Waals surface area contributed by atoms with Crippen LogP contribution in [0, 0.1) is 25.6 Å². The third-order valence-electron chi connectivity index (χ3n) is 5.68. The normalized spacial score (nSPS) is 14.9. The van der Waals surface area contributed by atoms with Crippen LogP contribution in [0.2, 0.25) is 0 Å². The first kappa shape index (κ1) is 21.6. The van der Waals surface area contributed by atoms with Crippen molar-refractivity contribution in [2.24, 2.45) is 5.92 Å². The van der Waals surface area contributed by atoms with Crippen LogP contribution in [0.1, 0.15) is 65.8 Å². The van der Waals surface area contributed by atoms with Crippen molar-refractivity contribution in [2.75, 3.05) is 12.0 Å². The van der Waals surface area contributed by atoms with Crippen LogP contribution in [0.3, 0.4) is 0 Å². The number of nitrogens with zero attached hydrogens (tertiary/aromatic N) is 1. The predicted octanol–water partition coefficient (Wildman–Crippen LogP) is 4.59. The number of aromatic nitrogens is 1. The van der Waals surface area contributed by atoms with Gasteiger partial charge in [0.15, 0.2) is 0 Å². The summed E-state index contributed by atoms with van der Waals surface area (Å²) in [5, 5.41) is 3.16. The second-order valence-corrected chi connectivity index (χ2v) is 8.43. The number of hydrogen-bond donors (Lipinski definition) is 2. The molecule has 1 aromatic heterocycles. The fourth-order valence-corrected chi connectivity index (χ4v) is 4.16. The highest BCUT2D eigenvalue weighted by atomic mass is 79.9. The Morgan fingerprint density at radius 2 is 1.93 bits per heavy atom. The van der Waals surface area contributed by atoms with E-state index in [1.54, 1.807) is 26.0 Å². The lowest BCUT2D eigenvalue weighted by Gasteiger charge is -2.35. The average Bonchev–Trinajstić information content (AvgIpc) is 2.65. The van der Waals surface area contributed by atoms with Crippen molar-refractivity contribution in [2.45, 2.75) is 52.5 Å². The van der Waals surface area contributed by atoms with Gasteiger partial charge in [0.05, 0.1) is 21.8 Å². The maximum absolute atomic E-state index is 13.4. The maximum atomic E-state index is 13.4. The van der Waals surface area contributed by atoms with E-state index in [2.05, 4.69) is 26.7 Å². The van der Waals surface area contributed by atoms with Gasteiger partial charge in [-0.15, -0.1) is 0 Å². The van der Waals surface area contributed by atoms with Crippen molar-refractivity contribution in [1.82, 2.24) is 9.99 Å². The highest BCUT2D eigenvalue weighted by molar-refractivity contribution is 9.10. The van der Waals surface area contributed by atoms with Gasteiger partial charge in [-0.2, -0.15) is 0 Å². The summed E-state index contributed by atoms with van der Waals surface area (Å²) in [6.45, 7) is 6.18. The lowest BCUT2D eigenvalue weighted by molar-refractivity contribution is 0.0898. The zero-order valence-corrected chi connectivity index (χ0v) is 18.6. The molecule has 1 aliphatic carbocycles. The van der Waals surface area contributed by atoms with Gasteiger partial charge >= 0.3 is 0 Å². The minimum Gasteiger partial charge on any atom is -0.345 e. The number of nitrogens with one attached hydrogen (secondary N) is 2. The molecular formula is C22H27BrFN3O2. The summed E-state index contributed by atoms with van der Waals surface area (Å²) in [5.74, 6) is -0.191. The van der Waals surface area contributed by atoms with Crippen LogP contribution >= 0.6 is 15.9 Å². The van der Waals surface area contributed by atoms with Gasteiger partial charge in [0.1, 0.15) is 5.82 Å². The molecule has 0 bridgehead atoms. The molecule has 156 valence electrons. The number of carbonyl (C=O) groups excluding carboxylic acids is 1. The van der Waals surface area contributed by atoms with Gasteiger partial charge in [-0.1, -0.05) is 25.5 Å². The van der Waals surface area contributed by atoms with Gasteiger partial charge in [-0.3, -0.25) is 9.59 Å². The Kier molecular flexibility index (Phi) is 6.77. The quantitative estimate of drug-likeness (QED) is 0.630. The minimum absolute atomic E-state index is 0.182. The topological polar surface area (TPSA) is 63.1 Å². The minimum atomic E-state index is -0.294. The summed E-state index contributed by atoms with van der Waals surface area (Å²) in [6.07, 6.45) is 4.05. The van der Waals surface area contributed by atoms with Gasteiger partial charge in [-0.25, -0.2) is 9.07 Å². The molecule has 0 saturated heterocycles. The van der Waals surface area contributed by atoms with E-state index in [1.807, 2.05) is 6.92 Å². The zero-order chi connectivity index (χ0) is 21.1. The number of rotatable bonds is 7. The summed E-state index contributed by atoms with van der Waals surface area (Å²) >= 11 is 3.35. The van der Waals surface area contributed by atoms with E-state index in [1.165, 1.54) is 16.8 Å². The summed E-state index contributed by atoms with van der Waals surface area (Å²) in [7, 11) is 0. The molecule has 1 amide bonds. The van der Waals surface area contributed by atoms with Crippen LogP contribution in [0.25, 0.3) is 0 Å². The molecule has 2 aromatic rings. The van der Waals surface area contributed by atoms with Crippen LogP contribution in [-0.2, 0) is 0 Å².